The summed E-state index contributed by atoms with van der Waals surface area (Å²) in [6.07, 6.45) is 7.42. The van der Waals surface area contributed by atoms with E-state index in [9.17, 15) is 0 Å². The Balaban J connectivity index is 2.04. The minimum absolute atomic E-state index is 0.00589. The second kappa shape index (κ2) is 8.07. The van der Waals surface area contributed by atoms with Crippen molar-refractivity contribution >= 4 is 6.08 Å². The highest BCUT2D eigenvalue weighted by atomic mass is 16.2. The van der Waals surface area contributed by atoms with E-state index in [2.05, 4.69) is 82.3 Å². The zero-order chi connectivity index (χ0) is 19.2. The van der Waals surface area contributed by atoms with E-state index in [1.807, 2.05) is 36.8 Å². The third kappa shape index (κ3) is 3.17. The van der Waals surface area contributed by atoms with E-state index in [1.54, 1.807) is 6.08 Å². The van der Waals surface area contributed by atoms with E-state index >= 15 is 0 Å². The van der Waals surface area contributed by atoms with Crippen molar-refractivity contribution in [1.82, 2.24) is 9.55 Å². The predicted octanol–water partition coefficient (Wildman–Crippen LogP) is 4.73. The van der Waals surface area contributed by atoms with Gasteiger partial charge in [0.15, 0.2) is 0 Å². The molecule has 0 fully saturated rings. The van der Waals surface area contributed by atoms with E-state index in [-0.39, 0.29) is 6.61 Å². The first-order valence-electron chi connectivity index (χ1n) is 9.34. The molecule has 0 amide bonds. The van der Waals surface area contributed by atoms with Gasteiger partial charge in [0, 0.05) is 6.20 Å². The summed E-state index contributed by atoms with van der Waals surface area (Å²) in [7, 11) is 0. The van der Waals surface area contributed by atoms with Gasteiger partial charge in [0.25, 0.3) is 0 Å². The lowest BCUT2D eigenvalue weighted by Gasteiger charge is -2.37. The number of aromatic nitrogens is 2. The molecule has 3 nitrogen and oxygen atoms in total. The monoisotopic (exact) mass is 366 g/mol. The number of imidazole rings is 1. The maximum absolute atomic E-state index is 9.11. The quantitative estimate of drug-likeness (QED) is 0.501. The van der Waals surface area contributed by atoms with Gasteiger partial charge in [0.1, 0.15) is 5.54 Å². The maximum Gasteiger partial charge on any atom is 0.121 e. The van der Waals surface area contributed by atoms with Gasteiger partial charge in [-0.2, -0.15) is 0 Å². The number of hydrogen-bond acceptors (Lipinski definition) is 2. The van der Waals surface area contributed by atoms with Crippen LogP contribution in [0.5, 0.6) is 0 Å². The Hall–Kier alpha value is -3.43. The molecule has 0 aliphatic heterocycles. The van der Waals surface area contributed by atoms with Crippen molar-refractivity contribution in [3.63, 3.8) is 0 Å². The Labute approximate surface area is 165 Å². The fraction of sp³-hybridized carbons (Fsp3) is 0.0800. The van der Waals surface area contributed by atoms with Crippen LogP contribution < -0.4 is 0 Å². The molecule has 0 atom stereocenters. The number of nitrogens with zero attached hydrogens (tertiary/aromatic N) is 2. The molecular weight excluding hydrogens is 344 g/mol. The van der Waals surface area contributed by atoms with Crippen molar-refractivity contribution in [2.75, 3.05) is 6.61 Å². The minimum Gasteiger partial charge on any atom is -0.392 e. The summed E-state index contributed by atoms with van der Waals surface area (Å²) in [6, 6.07) is 31.5. The minimum atomic E-state index is -0.553. The van der Waals surface area contributed by atoms with Gasteiger partial charge >= 0.3 is 0 Å². The molecule has 4 aromatic rings. The molecule has 3 aromatic carbocycles. The molecule has 3 heteroatoms. The van der Waals surface area contributed by atoms with E-state index in [4.69, 9.17) is 5.11 Å². The maximum atomic E-state index is 9.11. The summed E-state index contributed by atoms with van der Waals surface area (Å²) in [5, 5.41) is 9.11. The second-order valence-corrected chi connectivity index (χ2v) is 6.60. The topological polar surface area (TPSA) is 38.0 Å². The molecule has 28 heavy (non-hydrogen) atoms. The number of rotatable bonds is 6. The third-order valence-corrected chi connectivity index (χ3v) is 4.96. The van der Waals surface area contributed by atoms with Crippen LogP contribution in [0, 0.1) is 0 Å². The zero-order valence-electron chi connectivity index (χ0n) is 15.5. The summed E-state index contributed by atoms with van der Waals surface area (Å²) < 4.78 is 2.16. The summed E-state index contributed by atoms with van der Waals surface area (Å²) in [4.78, 5) is 4.56. The highest BCUT2D eigenvalue weighted by molar-refractivity contribution is 5.52. The summed E-state index contributed by atoms with van der Waals surface area (Å²) in [6.45, 7) is -0.00589. The van der Waals surface area contributed by atoms with Crippen molar-refractivity contribution in [3.8, 4) is 0 Å². The second-order valence-electron chi connectivity index (χ2n) is 6.60. The predicted molar refractivity (Wildman–Crippen MR) is 113 cm³/mol. The first-order chi connectivity index (χ1) is 13.9. The normalized spacial score (nSPS) is 11.8. The van der Waals surface area contributed by atoms with Crippen LogP contribution in [0.1, 0.15) is 22.4 Å². The van der Waals surface area contributed by atoms with Crippen LogP contribution in [-0.2, 0) is 5.54 Å². The molecule has 138 valence electrons. The van der Waals surface area contributed by atoms with Crippen molar-refractivity contribution < 1.29 is 5.11 Å². The number of aliphatic hydroxyl groups excluding tert-OH is 1. The van der Waals surface area contributed by atoms with Crippen molar-refractivity contribution in [3.05, 3.63) is 132 Å². The van der Waals surface area contributed by atoms with Crippen LogP contribution in [-0.4, -0.2) is 21.3 Å². The van der Waals surface area contributed by atoms with Gasteiger partial charge in [-0.05, 0) is 22.8 Å². The Kier molecular flexibility index (Phi) is 5.18. The fourth-order valence-corrected chi connectivity index (χ4v) is 3.77. The molecule has 0 radical (unpaired) electrons. The largest absolute Gasteiger partial charge is 0.392 e. The van der Waals surface area contributed by atoms with Crippen LogP contribution >= 0.6 is 0 Å². The van der Waals surface area contributed by atoms with E-state index in [0.717, 1.165) is 22.4 Å². The average Bonchev–Trinajstić information content (AvgIpc) is 3.24. The van der Waals surface area contributed by atoms with Crippen LogP contribution in [0.3, 0.4) is 0 Å². The molecule has 1 heterocycles. The molecule has 1 aromatic heterocycles. The molecule has 0 saturated carbocycles. The van der Waals surface area contributed by atoms with E-state index in [0.29, 0.717) is 0 Å². The Morgan fingerprint density at radius 2 is 1.21 bits per heavy atom. The van der Waals surface area contributed by atoms with Crippen LogP contribution in [0.15, 0.2) is 110 Å². The first-order valence-corrected chi connectivity index (χ1v) is 9.34. The third-order valence-electron chi connectivity index (χ3n) is 4.96. The number of aliphatic hydroxyl groups is 1. The van der Waals surface area contributed by atoms with E-state index < -0.39 is 5.54 Å². The van der Waals surface area contributed by atoms with Crippen molar-refractivity contribution in [2.24, 2.45) is 0 Å². The standard InChI is InChI=1S/C25H22N2O/c28-18-10-17-24-19-27(20-26-24)25(21-11-4-1-5-12-21,22-13-6-2-7-14-22)23-15-8-3-9-16-23/h1-17,19-20,28H,18H2. The lowest BCUT2D eigenvalue weighted by molar-refractivity contribution is 0.343. The van der Waals surface area contributed by atoms with Crippen molar-refractivity contribution in [1.29, 1.82) is 0 Å². The fourth-order valence-electron chi connectivity index (χ4n) is 3.77. The Bertz CT molecular complexity index is 941. The van der Waals surface area contributed by atoms with E-state index in [1.165, 1.54) is 0 Å². The van der Waals surface area contributed by atoms with Gasteiger partial charge in [-0.3, -0.25) is 0 Å². The van der Waals surface area contributed by atoms with Gasteiger partial charge in [-0.25, -0.2) is 4.98 Å². The summed E-state index contributed by atoms with van der Waals surface area (Å²) >= 11 is 0. The molecular formula is C25H22N2O. The van der Waals surface area contributed by atoms with Crippen LogP contribution in [0.25, 0.3) is 6.08 Å². The highest BCUT2D eigenvalue weighted by Crippen LogP contribution is 2.40. The molecule has 4 rings (SSSR count). The molecule has 0 saturated heterocycles. The first kappa shape index (κ1) is 18.0. The average molecular weight is 366 g/mol. The lowest BCUT2D eigenvalue weighted by Crippen LogP contribution is -2.36. The summed E-state index contributed by atoms with van der Waals surface area (Å²) in [5.74, 6) is 0. The molecule has 0 aliphatic rings. The van der Waals surface area contributed by atoms with Gasteiger partial charge in [-0.15, -0.1) is 0 Å². The van der Waals surface area contributed by atoms with Crippen LogP contribution in [0.4, 0.5) is 0 Å². The molecule has 0 bridgehead atoms. The molecule has 0 aliphatic carbocycles. The molecule has 1 N–H and O–H groups in total. The molecule has 0 unspecified atom stereocenters. The van der Waals surface area contributed by atoms with Gasteiger partial charge in [-0.1, -0.05) is 97.1 Å². The Morgan fingerprint density at radius 1 is 0.750 bits per heavy atom. The smallest absolute Gasteiger partial charge is 0.121 e. The number of benzene rings is 3. The number of hydrogen-bond donors (Lipinski definition) is 1. The van der Waals surface area contributed by atoms with Crippen LogP contribution in [0.2, 0.25) is 0 Å². The SMILES string of the molecule is OCC=Cc1cn(C(c2ccccc2)(c2ccccc2)c2ccccc2)cn1. The van der Waals surface area contributed by atoms with Gasteiger partial charge in [0.2, 0.25) is 0 Å². The summed E-state index contributed by atoms with van der Waals surface area (Å²) in [5.41, 5.74) is 3.72. The molecule has 0 spiro atoms. The Morgan fingerprint density at radius 3 is 1.64 bits per heavy atom. The van der Waals surface area contributed by atoms with Gasteiger partial charge < -0.3 is 9.67 Å². The highest BCUT2D eigenvalue weighted by Gasteiger charge is 2.38. The zero-order valence-corrected chi connectivity index (χ0v) is 15.5. The van der Waals surface area contributed by atoms with Crippen molar-refractivity contribution in [2.45, 2.75) is 5.54 Å². The van der Waals surface area contributed by atoms with Gasteiger partial charge in [0.05, 0.1) is 18.6 Å². The lowest BCUT2D eigenvalue weighted by atomic mass is 9.77.